The summed E-state index contributed by atoms with van der Waals surface area (Å²) in [5.74, 6) is -1.35. The van der Waals surface area contributed by atoms with Gasteiger partial charge in [0, 0.05) is 6.07 Å². The number of alkyl halides is 2. The monoisotopic (exact) mass is 363 g/mol. The number of hydrogen-bond donors (Lipinski definition) is 1. The number of rotatable bonds is 5. The van der Waals surface area contributed by atoms with Crippen molar-refractivity contribution in [2.75, 3.05) is 0 Å². The summed E-state index contributed by atoms with van der Waals surface area (Å²) in [6, 6.07) is 6.86. The third-order valence-corrected chi connectivity index (χ3v) is 3.72. The number of halogens is 2. The summed E-state index contributed by atoms with van der Waals surface area (Å²) < 4.78 is 28.3. The molecule has 0 fully saturated rings. The second-order valence-electron chi connectivity index (χ2n) is 5.33. The molecule has 3 aromatic rings. The van der Waals surface area contributed by atoms with E-state index in [1.807, 2.05) is 0 Å². The molecule has 134 valence electrons. The first kappa shape index (κ1) is 17.2. The predicted octanol–water partition coefficient (Wildman–Crippen LogP) is 1.65. The second-order valence-corrected chi connectivity index (χ2v) is 5.33. The van der Waals surface area contributed by atoms with Crippen molar-refractivity contribution in [2.45, 2.75) is 13.1 Å². The number of primary amides is 1. The van der Waals surface area contributed by atoms with Gasteiger partial charge in [0.1, 0.15) is 11.4 Å². The second kappa shape index (κ2) is 6.35. The lowest BCUT2D eigenvalue weighted by atomic mass is 10.2. The molecule has 11 heteroatoms. The van der Waals surface area contributed by atoms with Crippen molar-refractivity contribution in [2.24, 2.45) is 5.73 Å². The van der Waals surface area contributed by atoms with Gasteiger partial charge in [0.15, 0.2) is 0 Å². The highest BCUT2D eigenvalue weighted by atomic mass is 19.3. The maximum Gasteiger partial charge on any atom is 0.320 e. The zero-order valence-electron chi connectivity index (χ0n) is 13.0. The average Bonchev–Trinajstić information content (AvgIpc) is 2.94. The summed E-state index contributed by atoms with van der Waals surface area (Å²) in [6.45, 7) is -3.44. The number of nitrogens with zero attached hydrogens (tertiary/aromatic N) is 4. The van der Waals surface area contributed by atoms with Crippen molar-refractivity contribution in [1.82, 2.24) is 14.1 Å². The van der Waals surface area contributed by atoms with Crippen molar-refractivity contribution in [3.63, 3.8) is 0 Å². The largest absolute Gasteiger partial charge is 0.365 e. The number of imidazole rings is 1. The Morgan fingerprint density at radius 3 is 2.65 bits per heavy atom. The highest BCUT2D eigenvalue weighted by molar-refractivity contribution is 5.92. The fraction of sp³-hybridized carbons (Fsp3) is 0.133. The highest BCUT2D eigenvalue weighted by Gasteiger charge is 2.21. The lowest BCUT2D eigenvalue weighted by molar-refractivity contribution is -0.385. The van der Waals surface area contributed by atoms with E-state index in [4.69, 9.17) is 5.73 Å². The van der Waals surface area contributed by atoms with Gasteiger partial charge in [-0.1, -0.05) is 12.1 Å². The van der Waals surface area contributed by atoms with E-state index in [-0.39, 0.29) is 16.9 Å². The van der Waals surface area contributed by atoms with Crippen molar-refractivity contribution in [3.05, 3.63) is 68.4 Å². The van der Waals surface area contributed by atoms with Gasteiger partial charge in [0.25, 0.3) is 17.2 Å². The Hall–Kier alpha value is -3.63. The molecule has 2 heterocycles. The smallest absolute Gasteiger partial charge is 0.320 e. The van der Waals surface area contributed by atoms with Gasteiger partial charge in [0.05, 0.1) is 28.7 Å². The number of pyridine rings is 1. The van der Waals surface area contributed by atoms with E-state index in [1.165, 1.54) is 12.1 Å². The first-order chi connectivity index (χ1) is 12.3. The van der Waals surface area contributed by atoms with Gasteiger partial charge >= 0.3 is 6.55 Å². The molecule has 1 amide bonds. The Morgan fingerprint density at radius 1 is 1.35 bits per heavy atom. The number of amides is 1. The van der Waals surface area contributed by atoms with Crippen LogP contribution < -0.4 is 11.3 Å². The predicted molar refractivity (Wildman–Crippen MR) is 86.0 cm³/mol. The average molecular weight is 363 g/mol. The number of fused-ring (bicyclic) bond motifs is 1. The number of carbonyl (C=O) groups excluding carboxylic acids is 1. The molecule has 1 aromatic carbocycles. The number of benzene rings is 1. The molecular weight excluding hydrogens is 352 g/mol. The Labute approximate surface area is 143 Å². The van der Waals surface area contributed by atoms with Gasteiger partial charge in [-0.2, -0.15) is 8.78 Å². The van der Waals surface area contributed by atoms with E-state index in [0.717, 1.165) is 16.8 Å². The minimum atomic E-state index is -2.94. The molecule has 0 spiro atoms. The van der Waals surface area contributed by atoms with Gasteiger partial charge in [0.2, 0.25) is 0 Å². The maximum absolute atomic E-state index is 13.5. The molecule has 0 radical (unpaired) electrons. The van der Waals surface area contributed by atoms with Crippen molar-refractivity contribution >= 4 is 22.6 Å². The molecule has 0 saturated heterocycles. The number of aromatic nitrogens is 3. The Morgan fingerprint density at radius 2 is 2.04 bits per heavy atom. The number of hydrogen-bond acceptors (Lipinski definition) is 5. The highest BCUT2D eigenvalue weighted by Crippen LogP contribution is 2.23. The normalized spacial score (nSPS) is 11.2. The van der Waals surface area contributed by atoms with E-state index >= 15 is 0 Å². The molecule has 0 aliphatic carbocycles. The van der Waals surface area contributed by atoms with Crippen molar-refractivity contribution in [3.8, 4) is 0 Å². The van der Waals surface area contributed by atoms with E-state index in [9.17, 15) is 28.5 Å². The lowest BCUT2D eigenvalue weighted by Gasteiger charge is -2.10. The Kier molecular flexibility index (Phi) is 4.20. The van der Waals surface area contributed by atoms with Gasteiger partial charge in [-0.3, -0.25) is 24.3 Å². The van der Waals surface area contributed by atoms with E-state index in [2.05, 4.69) is 4.98 Å². The molecule has 0 aliphatic rings. The van der Waals surface area contributed by atoms with Crippen LogP contribution in [-0.2, 0) is 6.54 Å². The first-order valence-corrected chi connectivity index (χ1v) is 7.22. The van der Waals surface area contributed by atoms with Gasteiger partial charge < -0.3 is 10.3 Å². The van der Waals surface area contributed by atoms with Crippen LogP contribution in [0.15, 0.2) is 41.3 Å². The molecule has 0 atom stereocenters. The zero-order valence-corrected chi connectivity index (χ0v) is 13.0. The summed E-state index contributed by atoms with van der Waals surface area (Å²) >= 11 is 0. The molecule has 2 N–H and O–H groups in total. The fourth-order valence-electron chi connectivity index (χ4n) is 2.59. The molecule has 0 unspecified atom stereocenters. The van der Waals surface area contributed by atoms with Gasteiger partial charge in [-0.25, -0.2) is 4.98 Å². The van der Waals surface area contributed by atoms with E-state index < -0.39 is 40.7 Å². The molecule has 9 nitrogen and oxygen atoms in total. The number of para-hydroxylation sites is 2. The fourth-order valence-corrected chi connectivity index (χ4v) is 2.59. The van der Waals surface area contributed by atoms with Crippen LogP contribution in [0.4, 0.5) is 14.5 Å². The minimum Gasteiger partial charge on any atom is -0.365 e. The SMILES string of the molecule is NC(=O)c1cc([N+](=O)[O-])cn(Cc2nc3ccccc3n2C(F)F)c1=O. The Balaban J connectivity index is 2.19. The Bertz CT molecular complexity index is 1090. The van der Waals surface area contributed by atoms with Crippen LogP contribution in [-0.4, -0.2) is 24.9 Å². The van der Waals surface area contributed by atoms with Crippen LogP contribution in [0.3, 0.4) is 0 Å². The van der Waals surface area contributed by atoms with E-state index in [1.54, 1.807) is 12.1 Å². The van der Waals surface area contributed by atoms with Gasteiger partial charge in [-0.05, 0) is 12.1 Å². The molecule has 2 aromatic heterocycles. The van der Waals surface area contributed by atoms with Crippen LogP contribution >= 0.6 is 0 Å². The summed E-state index contributed by atoms with van der Waals surface area (Å²) in [7, 11) is 0. The molecule has 0 aliphatic heterocycles. The quantitative estimate of drug-likeness (QED) is 0.545. The third kappa shape index (κ3) is 2.90. The third-order valence-electron chi connectivity index (χ3n) is 3.72. The molecular formula is C15H11F2N5O4. The number of nitro groups is 1. The zero-order chi connectivity index (χ0) is 19.0. The topological polar surface area (TPSA) is 126 Å². The van der Waals surface area contributed by atoms with Crippen molar-refractivity contribution < 1.29 is 18.5 Å². The molecule has 0 saturated carbocycles. The summed E-state index contributed by atoms with van der Waals surface area (Å²) in [4.78, 5) is 37.9. The van der Waals surface area contributed by atoms with Crippen molar-refractivity contribution in [1.29, 1.82) is 0 Å². The van der Waals surface area contributed by atoms with Crippen LogP contribution in [0.2, 0.25) is 0 Å². The number of nitrogens with two attached hydrogens (primary N) is 1. The summed E-state index contributed by atoms with van der Waals surface area (Å²) in [6.07, 6.45) is 0.851. The van der Waals surface area contributed by atoms with Crippen LogP contribution in [0.5, 0.6) is 0 Å². The summed E-state index contributed by atoms with van der Waals surface area (Å²) in [5, 5.41) is 11.0. The minimum absolute atomic E-state index is 0.145. The molecule has 3 rings (SSSR count). The van der Waals surface area contributed by atoms with E-state index in [0.29, 0.717) is 4.57 Å². The van der Waals surface area contributed by atoms with Crippen LogP contribution in [0, 0.1) is 10.1 Å². The van der Waals surface area contributed by atoms with Crippen LogP contribution in [0.25, 0.3) is 11.0 Å². The lowest BCUT2D eigenvalue weighted by Crippen LogP contribution is -2.30. The molecule has 0 bridgehead atoms. The van der Waals surface area contributed by atoms with Crippen LogP contribution in [0.1, 0.15) is 22.7 Å². The molecule has 26 heavy (non-hydrogen) atoms. The summed E-state index contributed by atoms with van der Waals surface area (Å²) in [5.41, 5.74) is 3.37. The standard InChI is InChI=1S/C15H11F2N5O4/c16-15(17)21-11-4-2-1-3-10(11)19-12(21)7-20-6-8(22(25)26)5-9(13(18)23)14(20)24/h1-6,15H,7H2,(H2,18,23). The first-order valence-electron chi connectivity index (χ1n) is 7.22. The number of carbonyl (C=O) groups is 1. The maximum atomic E-state index is 13.5. The van der Waals surface area contributed by atoms with Gasteiger partial charge in [-0.15, -0.1) is 0 Å².